The number of benzene rings is 2. The zero-order valence-corrected chi connectivity index (χ0v) is 15.0. The van der Waals surface area contributed by atoms with Gasteiger partial charge in [-0.25, -0.2) is 4.98 Å². The van der Waals surface area contributed by atoms with Crippen LogP contribution in [0.4, 0.5) is 5.95 Å². The van der Waals surface area contributed by atoms with Crippen LogP contribution in [0.5, 0.6) is 0 Å². The molecule has 1 amide bonds. The first-order valence-corrected chi connectivity index (χ1v) is 8.86. The van der Waals surface area contributed by atoms with E-state index in [0.717, 1.165) is 23.0 Å². The number of aromatic nitrogens is 2. The highest BCUT2D eigenvalue weighted by molar-refractivity contribution is 6.30. The Kier molecular flexibility index (Phi) is 6.09. The molecule has 0 aliphatic heterocycles. The highest BCUT2D eigenvalue weighted by atomic mass is 35.5. The zero-order valence-electron chi connectivity index (χ0n) is 14.3. The summed E-state index contributed by atoms with van der Waals surface area (Å²) in [6, 6.07) is 15.2. The molecule has 3 rings (SSSR count). The van der Waals surface area contributed by atoms with Gasteiger partial charge in [0.2, 0.25) is 11.9 Å². The average molecular weight is 373 g/mol. The molecule has 1 heterocycles. The lowest BCUT2D eigenvalue weighted by molar-refractivity contribution is -0.121. The molecule has 0 unspecified atom stereocenters. The summed E-state index contributed by atoms with van der Waals surface area (Å²) in [5, 5.41) is 15.7. The number of amides is 1. The SMILES string of the molecule is O=C(Cn1c(NCCO)nc2ccccc21)NCCc1ccc(Cl)cc1. The van der Waals surface area contributed by atoms with Gasteiger partial charge in [-0.2, -0.15) is 0 Å². The van der Waals surface area contributed by atoms with Crippen molar-refractivity contribution in [2.45, 2.75) is 13.0 Å². The largest absolute Gasteiger partial charge is 0.395 e. The Balaban J connectivity index is 1.63. The van der Waals surface area contributed by atoms with Gasteiger partial charge in [0.25, 0.3) is 0 Å². The maximum absolute atomic E-state index is 12.4. The quantitative estimate of drug-likeness (QED) is 0.567. The number of aliphatic hydroxyl groups is 1. The summed E-state index contributed by atoms with van der Waals surface area (Å²) in [5.74, 6) is 0.488. The minimum atomic E-state index is -0.0887. The fourth-order valence-corrected chi connectivity index (χ4v) is 2.86. The third-order valence-corrected chi connectivity index (χ3v) is 4.25. The number of carbonyl (C=O) groups excluding carboxylic acids is 1. The minimum absolute atomic E-state index is 0.00348. The Bertz CT molecular complexity index is 877. The van der Waals surface area contributed by atoms with E-state index in [1.54, 1.807) is 0 Å². The molecule has 0 atom stereocenters. The number of hydrogen-bond donors (Lipinski definition) is 3. The molecule has 0 fully saturated rings. The number of rotatable bonds is 8. The van der Waals surface area contributed by atoms with Crippen molar-refractivity contribution < 1.29 is 9.90 Å². The maximum Gasteiger partial charge on any atom is 0.240 e. The Morgan fingerprint density at radius 1 is 1.12 bits per heavy atom. The van der Waals surface area contributed by atoms with Crippen LogP contribution in [0.3, 0.4) is 0 Å². The smallest absolute Gasteiger partial charge is 0.240 e. The predicted octanol–water partition coefficient (Wildman–Crippen LogP) is 2.45. The molecule has 2 aromatic carbocycles. The number of nitrogens with one attached hydrogen (secondary N) is 2. The van der Waals surface area contributed by atoms with Crippen molar-refractivity contribution in [3.05, 3.63) is 59.1 Å². The molecule has 3 aromatic rings. The van der Waals surface area contributed by atoms with Crippen molar-refractivity contribution in [3.8, 4) is 0 Å². The van der Waals surface area contributed by atoms with E-state index in [2.05, 4.69) is 15.6 Å². The molecule has 26 heavy (non-hydrogen) atoms. The summed E-state index contributed by atoms with van der Waals surface area (Å²) in [5.41, 5.74) is 2.80. The first kappa shape index (κ1) is 18.2. The van der Waals surface area contributed by atoms with E-state index >= 15 is 0 Å². The molecular formula is C19H21ClN4O2. The molecule has 0 radical (unpaired) electrons. The topological polar surface area (TPSA) is 79.2 Å². The first-order chi connectivity index (χ1) is 12.7. The fourth-order valence-electron chi connectivity index (χ4n) is 2.74. The molecule has 6 nitrogen and oxygen atoms in total. The van der Waals surface area contributed by atoms with Crippen molar-refractivity contribution in [3.63, 3.8) is 0 Å². The summed E-state index contributed by atoms with van der Waals surface area (Å²) in [7, 11) is 0. The Hall–Kier alpha value is -2.57. The molecular weight excluding hydrogens is 352 g/mol. The Morgan fingerprint density at radius 2 is 1.88 bits per heavy atom. The average Bonchev–Trinajstić information content (AvgIpc) is 2.99. The van der Waals surface area contributed by atoms with E-state index in [9.17, 15) is 4.79 Å². The van der Waals surface area contributed by atoms with Crippen molar-refractivity contribution in [2.75, 3.05) is 25.0 Å². The minimum Gasteiger partial charge on any atom is -0.395 e. The standard InChI is InChI=1S/C19H21ClN4O2/c20-15-7-5-14(6-8-15)9-10-21-18(26)13-24-17-4-2-1-3-16(17)23-19(24)22-11-12-25/h1-8,25H,9-13H2,(H,21,26)(H,22,23). The molecule has 0 saturated heterocycles. The van der Waals surface area contributed by atoms with Crippen LogP contribution >= 0.6 is 11.6 Å². The number of fused-ring (bicyclic) bond motifs is 1. The van der Waals surface area contributed by atoms with Gasteiger partial charge in [-0.1, -0.05) is 35.9 Å². The molecule has 0 saturated carbocycles. The van der Waals surface area contributed by atoms with E-state index in [4.69, 9.17) is 16.7 Å². The highest BCUT2D eigenvalue weighted by Gasteiger charge is 2.13. The number of anilines is 1. The first-order valence-electron chi connectivity index (χ1n) is 8.48. The van der Waals surface area contributed by atoms with Crippen LogP contribution < -0.4 is 10.6 Å². The summed E-state index contributed by atoms with van der Waals surface area (Å²) in [6.07, 6.45) is 0.739. The van der Waals surface area contributed by atoms with Crippen LogP contribution in [0.1, 0.15) is 5.56 Å². The van der Waals surface area contributed by atoms with Crippen LogP contribution in [-0.2, 0) is 17.8 Å². The lowest BCUT2D eigenvalue weighted by Crippen LogP contribution is -2.30. The van der Waals surface area contributed by atoms with Gasteiger partial charge in [0.1, 0.15) is 6.54 Å². The monoisotopic (exact) mass is 372 g/mol. The summed E-state index contributed by atoms with van der Waals surface area (Å²) < 4.78 is 1.82. The van der Waals surface area contributed by atoms with Gasteiger partial charge in [0.15, 0.2) is 0 Å². The number of carbonyl (C=O) groups is 1. The van der Waals surface area contributed by atoms with Gasteiger partial charge in [0, 0.05) is 18.1 Å². The molecule has 0 aliphatic carbocycles. The van der Waals surface area contributed by atoms with E-state index in [-0.39, 0.29) is 19.1 Å². The summed E-state index contributed by atoms with van der Waals surface area (Å²) in [6.45, 7) is 1.08. The zero-order chi connectivity index (χ0) is 18.4. The lowest BCUT2D eigenvalue weighted by Gasteiger charge is -2.11. The Labute approximate surface area is 156 Å². The number of imidazole rings is 1. The summed E-state index contributed by atoms with van der Waals surface area (Å²) >= 11 is 5.87. The van der Waals surface area contributed by atoms with Gasteiger partial charge < -0.3 is 20.3 Å². The molecule has 0 bridgehead atoms. The fraction of sp³-hybridized carbons (Fsp3) is 0.263. The third kappa shape index (κ3) is 4.53. The second kappa shape index (κ2) is 8.69. The van der Waals surface area contributed by atoms with Crippen LogP contribution in [0.15, 0.2) is 48.5 Å². The van der Waals surface area contributed by atoms with Crippen molar-refractivity contribution in [2.24, 2.45) is 0 Å². The molecule has 7 heteroatoms. The van der Waals surface area contributed by atoms with Crippen molar-refractivity contribution in [1.82, 2.24) is 14.9 Å². The van der Waals surface area contributed by atoms with Gasteiger partial charge >= 0.3 is 0 Å². The van der Waals surface area contributed by atoms with E-state index in [1.807, 2.05) is 53.1 Å². The molecule has 0 aliphatic rings. The maximum atomic E-state index is 12.4. The van der Waals surface area contributed by atoms with Crippen molar-refractivity contribution >= 4 is 34.5 Å². The number of nitrogens with zero attached hydrogens (tertiary/aromatic N) is 2. The van der Waals surface area contributed by atoms with Crippen LogP contribution in [0.25, 0.3) is 11.0 Å². The molecule has 1 aromatic heterocycles. The lowest BCUT2D eigenvalue weighted by atomic mass is 10.1. The highest BCUT2D eigenvalue weighted by Crippen LogP contribution is 2.19. The van der Waals surface area contributed by atoms with Crippen LogP contribution in [0.2, 0.25) is 5.02 Å². The van der Waals surface area contributed by atoms with E-state index < -0.39 is 0 Å². The second-order valence-electron chi connectivity index (χ2n) is 5.89. The second-order valence-corrected chi connectivity index (χ2v) is 6.32. The molecule has 3 N–H and O–H groups in total. The summed E-state index contributed by atoms with van der Waals surface area (Å²) in [4.78, 5) is 16.9. The van der Waals surface area contributed by atoms with Crippen LogP contribution in [-0.4, -0.2) is 40.3 Å². The van der Waals surface area contributed by atoms with Gasteiger partial charge in [-0.3, -0.25) is 4.79 Å². The van der Waals surface area contributed by atoms with Gasteiger partial charge in [-0.15, -0.1) is 0 Å². The van der Waals surface area contributed by atoms with E-state index in [1.165, 1.54) is 0 Å². The number of aliphatic hydroxyl groups excluding tert-OH is 1. The third-order valence-electron chi connectivity index (χ3n) is 4.00. The molecule has 136 valence electrons. The van der Waals surface area contributed by atoms with Crippen LogP contribution in [0, 0.1) is 0 Å². The van der Waals surface area contributed by atoms with Gasteiger partial charge in [0.05, 0.1) is 17.6 Å². The number of hydrogen-bond acceptors (Lipinski definition) is 4. The van der Waals surface area contributed by atoms with Crippen molar-refractivity contribution in [1.29, 1.82) is 0 Å². The molecule has 0 spiro atoms. The van der Waals surface area contributed by atoms with E-state index in [0.29, 0.717) is 24.1 Å². The number of para-hydroxylation sites is 2. The predicted molar refractivity (Wildman–Crippen MR) is 103 cm³/mol. The van der Waals surface area contributed by atoms with Gasteiger partial charge in [-0.05, 0) is 36.2 Å². The Morgan fingerprint density at radius 3 is 2.65 bits per heavy atom. The normalized spacial score (nSPS) is 10.8. The number of halogens is 1.